The first-order valence-corrected chi connectivity index (χ1v) is 10.3. The van der Waals surface area contributed by atoms with Crippen LogP contribution in [0, 0.1) is 0 Å². The fourth-order valence-corrected chi connectivity index (χ4v) is 2.99. The lowest BCUT2D eigenvalue weighted by Gasteiger charge is -2.24. The van der Waals surface area contributed by atoms with Crippen molar-refractivity contribution in [3.05, 3.63) is 29.8 Å². The molecule has 150 valence electrons. The van der Waals surface area contributed by atoms with Gasteiger partial charge in [0.1, 0.15) is 5.75 Å². The number of rotatable bonds is 13. The van der Waals surface area contributed by atoms with Crippen LogP contribution in [-0.4, -0.2) is 48.9 Å². The number of likely N-dealkylation sites (N-methyl/N-ethyl adjacent to an activating group) is 1. The van der Waals surface area contributed by atoms with Crippen molar-refractivity contribution in [2.75, 3.05) is 20.2 Å². The lowest BCUT2D eigenvalue weighted by Crippen LogP contribution is -2.41. The molecule has 0 aromatic heterocycles. The van der Waals surface area contributed by atoms with Gasteiger partial charge in [-0.3, -0.25) is 14.5 Å². The van der Waals surface area contributed by atoms with Crippen molar-refractivity contribution in [2.45, 2.75) is 70.9 Å². The molecule has 0 saturated heterocycles. The number of amides is 1. The largest absolute Gasteiger partial charge is 0.494 e. The Morgan fingerprint density at radius 3 is 2.52 bits per heavy atom. The van der Waals surface area contributed by atoms with Crippen LogP contribution in [0.1, 0.15) is 69.2 Å². The molecule has 0 aliphatic heterocycles. The van der Waals surface area contributed by atoms with Gasteiger partial charge in [0, 0.05) is 37.0 Å². The number of ether oxygens (including phenoxy) is 1. The van der Waals surface area contributed by atoms with Gasteiger partial charge in [-0.15, -0.1) is 0 Å². The average Bonchev–Trinajstić information content (AvgIpc) is 3.52. The summed E-state index contributed by atoms with van der Waals surface area (Å²) >= 11 is 0. The van der Waals surface area contributed by atoms with Crippen LogP contribution in [0.3, 0.4) is 0 Å². The normalized spacial score (nSPS) is 14.8. The van der Waals surface area contributed by atoms with Gasteiger partial charge in [0.15, 0.2) is 5.78 Å². The number of unbranched alkanes of at least 4 members (excludes halogenated alkanes) is 2. The van der Waals surface area contributed by atoms with E-state index in [1.807, 2.05) is 12.1 Å². The standard InChI is InChI=1S/C22H34N2O3/c1-4-5-6-15-27-20-11-7-18(8-12-20)21(25)13-14-22(26)23-16-17(2)24(3)19-9-10-19/h7-8,11-12,17,19H,4-6,9-10,13-16H2,1-3H3,(H,23,26). The molecule has 1 aliphatic rings. The second kappa shape index (κ2) is 11.1. The van der Waals surface area contributed by atoms with Crippen LogP contribution >= 0.6 is 0 Å². The van der Waals surface area contributed by atoms with Gasteiger partial charge in [-0.05, 0) is 57.5 Å². The van der Waals surface area contributed by atoms with Crippen LogP contribution in [0.25, 0.3) is 0 Å². The molecule has 1 aliphatic carbocycles. The number of carbonyl (C=O) groups is 2. The van der Waals surface area contributed by atoms with Crippen molar-refractivity contribution in [2.24, 2.45) is 0 Å². The molecular formula is C22H34N2O3. The third kappa shape index (κ3) is 7.71. The predicted molar refractivity (Wildman–Crippen MR) is 108 cm³/mol. The maximum atomic E-state index is 12.3. The Balaban J connectivity index is 1.66. The quantitative estimate of drug-likeness (QED) is 0.421. The van der Waals surface area contributed by atoms with E-state index in [2.05, 4.69) is 31.1 Å². The third-order valence-corrected chi connectivity index (χ3v) is 5.18. The van der Waals surface area contributed by atoms with E-state index in [-0.39, 0.29) is 24.5 Å². The van der Waals surface area contributed by atoms with E-state index >= 15 is 0 Å². The molecule has 2 rings (SSSR count). The Morgan fingerprint density at radius 2 is 1.89 bits per heavy atom. The van der Waals surface area contributed by atoms with Crippen molar-refractivity contribution in [3.63, 3.8) is 0 Å². The minimum atomic E-state index is -0.0599. The average molecular weight is 375 g/mol. The van der Waals surface area contributed by atoms with Gasteiger partial charge in [-0.1, -0.05) is 19.8 Å². The number of benzene rings is 1. The van der Waals surface area contributed by atoms with Gasteiger partial charge in [0.05, 0.1) is 6.61 Å². The zero-order valence-corrected chi connectivity index (χ0v) is 17.0. The van der Waals surface area contributed by atoms with Crippen LogP contribution in [0.5, 0.6) is 5.75 Å². The fraction of sp³-hybridized carbons (Fsp3) is 0.636. The van der Waals surface area contributed by atoms with Gasteiger partial charge in [-0.25, -0.2) is 0 Å². The molecule has 1 aromatic carbocycles. The molecule has 1 N–H and O–H groups in total. The SMILES string of the molecule is CCCCCOc1ccc(C(=O)CCC(=O)NCC(C)N(C)C2CC2)cc1. The second-order valence-electron chi connectivity index (χ2n) is 7.55. The first-order chi connectivity index (χ1) is 13.0. The van der Waals surface area contributed by atoms with Gasteiger partial charge >= 0.3 is 0 Å². The molecule has 1 fully saturated rings. The molecule has 1 saturated carbocycles. The molecular weight excluding hydrogens is 340 g/mol. The zero-order chi connectivity index (χ0) is 19.6. The van der Waals surface area contributed by atoms with Crippen LogP contribution in [0.15, 0.2) is 24.3 Å². The highest BCUT2D eigenvalue weighted by atomic mass is 16.5. The van der Waals surface area contributed by atoms with E-state index in [9.17, 15) is 9.59 Å². The number of carbonyl (C=O) groups excluding carboxylic acids is 2. The molecule has 5 nitrogen and oxygen atoms in total. The van der Waals surface area contributed by atoms with Crippen LogP contribution in [0.4, 0.5) is 0 Å². The number of ketones is 1. The van der Waals surface area contributed by atoms with Crippen molar-refractivity contribution in [1.82, 2.24) is 10.2 Å². The summed E-state index contributed by atoms with van der Waals surface area (Å²) in [5.41, 5.74) is 0.630. The third-order valence-electron chi connectivity index (χ3n) is 5.18. The number of Topliss-reactive ketones (excluding diaryl/α,β-unsaturated/α-hetero) is 1. The molecule has 1 atom stereocenters. The molecule has 1 unspecified atom stereocenters. The summed E-state index contributed by atoms with van der Waals surface area (Å²) < 4.78 is 5.66. The van der Waals surface area contributed by atoms with E-state index in [1.54, 1.807) is 12.1 Å². The topological polar surface area (TPSA) is 58.6 Å². The van der Waals surface area contributed by atoms with Crippen LogP contribution < -0.4 is 10.1 Å². The maximum absolute atomic E-state index is 12.3. The summed E-state index contributed by atoms with van der Waals surface area (Å²) in [6, 6.07) is 8.21. The smallest absolute Gasteiger partial charge is 0.220 e. The van der Waals surface area contributed by atoms with Gasteiger partial charge in [0.25, 0.3) is 0 Å². The summed E-state index contributed by atoms with van der Waals surface area (Å²) in [5.74, 6) is 0.718. The predicted octanol–water partition coefficient (Wildman–Crippen LogP) is 3.82. The Hall–Kier alpha value is -1.88. The highest BCUT2D eigenvalue weighted by Gasteiger charge is 2.29. The summed E-state index contributed by atoms with van der Waals surface area (Å²) in [6.45, 7) is 5.61. The van der Waals surface area contributed by atoms with E-state index in [4.69, 9.17) is 4.74 Å². The lowest BCUT2D eigenvalue weighted by atomic mass is 10.1. The first-order valence-electron chi connectivity index (χ1n) is 10.3. The Kier molecular flexibility index (Phi) is 8.79. The molecule has 1 aromatic rings. The monoisotopic (exact) mass is 374 g/mol. The Morgan fingerprint density at radius 1 is 1.19 bits per heavy atom. The van der Waals surface area contributed by atoms with E-state index in [0.717, 1.165) is 18.6 Å². The number of nitrogens with zero attached hydrogens (tertiary/aromatic N) is 1. The minimum Gasteiger partial charge on any atom is -0.494 e. The van der Waals surface area contributed by atoms with E-state index < -0.39 is 0 Å². The molecule has 1 amide bonds. The zero-order valence-electron chi connectivity index (χ0n) is 17.0. The number of hydrogen-bond acceptors (Lipinski definition) is 4. The van der Waals surface area contributed by atoms with Crippen LogP contribution in [0.2, 0.25) is 0 Å². The van der Waals surface area contributed by atoms with Gasteiger partial charge in [-0.2, -0.15) is 0 Å². The maximum Gasteiger partial charge on any atom is 0.220 e. The molecule has 0 bridgehead atoms. The van der Waals surface area contributed by atoms with E-state index in [0.29, 0.717) is 30.8 Å². The van der Waals surface area contributed by atoms with Crippen molar-refractivity contribution < 1.29 is 14.3 Å². The van der Waals surface area contributed by atoms with E-state index in [1.165, 1.54) is 19.3 Å². The number of hydrogen-bond donors (Lipinski definition) is 1. The number of nitrogens with one attached hydrogen (secondary N) is 1. The summed E-state index contributed by atoms with van der Waals surface area (Å²) in [6.07, 6.45) is 6.34. The second-order valence-corrected chi connectivity index (χ2v) is 7.55. The van der Waals surface area contributed by atoms with Gasteiger partial charge in [0.2, 0.25) is 5.91 Å². The van der Waals surface area contributed by atoms with Gasteiger partial charge < -0.3 is 10.1 Å². The summed E-state index contributed by atoms with van der Waals surface area (Å²) in [4.78, 5) is 26.6. The Bertz CT molecular complexity index is 596. The molecule has 0 spiro atoms. The highest BCUT2D eigenvalue weighted by Crippen LogP contribution is 2.26. The molecule has 0 radical (unpaired) electrons. The summed E-state index contributed by atoms with van der Waals surface area (Å²) in [5, 5.41) is 2.94. The molecule has 0 heterocycles. The van der Waals surface area contributed by atoms with Crippen molar-refractivity contribution in [3.8, 4) is 5.75 Å². The molecule has 5 heteroatoms. The Labute approximate surface area is 163 Å². The van der Waals surface area contributed by atoms with Crippen molar-refractivity contribution in [1.29, 1.82) is 0 Å². The summed E-state index contributed by atoms with van der Waals surface area (Å²) in [7, 11) is 2.11. The lowest BCUT2D eigenvalue weighted by molar-refractivity contribution is -0.121. The van der Waals surface area contributed by atoms with Crippen LogP contribution in [-0.2, 0) is 4.79 Å². The first kappa shape index (κ1) is 21.4. The minimum absolute atomic E-state index is 0.00849. The fourth-order valence-electron chi connectivity index (χ4n) is 2.99. The van der Waals surface area contributed by atoms with Crippen molar-refractivity contribution >= 4 is 11.7 Å². The highest BCUT2D eigenvalue weighted by molar-refractivity contribution is 5.98. The molecule has 27 heavy (non-hydrogen) atoms.